The highest BCUT2D eigenvalue weighted by molar-refractivity contribution is 6.23. The van der Waals surface area contributed by atoms with Gasteiger partial charge >= 0.3 is 0 Å². The van der Waals surface area contributed by atoms with Crippen molar-refractivity contribution in [2.24, 2.45) is 0 Å². The summed E-state index contributed by atoms with van der Waals surface area (Å²) in [6.45, 7) is 4.47. The maximum absolute atomic E-state index is 16.3. The number of likely N-dealkylation sites (tertiary alicyclic amines) is 2. The lowest BCUT2D eigenvalue weighted by molar-refractivity contribution is -0.136. The number of hydrogen-bond acceptors (Lipinski definition) is 12. The van der Waals surface area contributed by atoms with E-state index in [4.69, 9.17) is 15.6 Å². The van der Waals surface area contributed by atoms with Crippen molar-refractivity contribution in [3.63, 3.8) is 0 Å². The third-order valence-electron chi connectivity index (χ3n) is 12.7. The van der Waals surface area contributed by atoms with Gasteiger partial charge in [-0.25, -0.2) is 19.0 Å². The van der Waals surface area contributed by atoms with Crippen molar-refractivity contribution in [2.75, 3.05) is 49.9 Å². The van der Waals surface area contributed by atoms with Crippen molar-refractivity contribution in [3.05, 3.63) is 90.3 Å². The smallest absolute Gasteiger partial charge is 0.262 e. The van der Waals surface area contributed by atoms with E-state index in [2.05, 4.69) is 30.0 Å². The lowest BCUT2D eigenvalue weighted by Gasteiger charge is -2.50. The number of alkyl halides is 1. The molecule has 5 aliphatic heterocycles. The fourth-order valence-electron chi connectivity index (χ4n) is 9.43. The lowest BCUT2D eigenvalue weighted by atomic mass is 9.94. The number of amides is 4. The first kappa shape index (κ1) is 37.0. The molecule has 0 bridgehead atoms. The van der Waals surface area contributed by atoms with E-state index in [1.54, 1.807) is 16.8 Å². The molecular weight excluding hydrogens is 756 g/mol. The predicted molar refractivity (Wildman–Crippen MR) is 216 cm³/mol. The molecule has 0 aliphatic carbocycles. The Labute approximate surface area is 338 Å². The van der Waals surface area contributed by atoms with E-state index < -0.39 is 41.9 Å². The van der Waals surface area contributed by atoms with Crippen molar-refractivity contribution < 1.29 is 28.3 Å². The van der Waals surface area contributed by atoms with Crippen LogP contribution in [-0.2, 0) is 9.59 Å². The van der Waals surface area contributed by atoms with Gasteiger partial charge in [0.1, 0.15) is 41.6 Å². The zero-order valence-electron chi connectivity index (χ0n) is 32.2. The number of para-hydroxylation sites is 1. The van der Waals surface area contributed by atoms with Gasteiger partial charge < -0.3 is 15.4 Å². The van der Waals surface area contributed by atoms with E-state index in [-0.39, 0.29) is 30.0 Å². The summed E-state index contributed by atoms with van der Waals surface area (Å²) in [4.78, 5) is 67.3. The number of nitrogens with zero attached hydrogens (tertiary/aromatic N) is 8. The van der Waals surface area contributed by atoms with Crippen LogP contribution in [-0.4, -0.2) is 122 Å². The quantitative estimate of drug-likeness (QED) is 0.215. The highest BCUT2D eigenvalue weighted by atomic mass is 19.1. The van der Waals surface area contributed by atoms with Crippen LogP contribution in [0.15, 0.2) is 79.1 Å². The zero-order valence-corrected chi connectivity index (χ0v) is 32.2. The van der Waals surface area contributed by atoms with Gasteiger partial charge in [0.25, 0.3) is 11.8 Å². The second kappa shape index (κ2) is 14.8. The molecule has 5 aliphatic rings. The molecule has 4 amide bonds. The first-order valence-electron chi connectivity index (χ1n) is 20.2. The molecule has 3 aromatic carbocycles. The normalized spacial score (nSPS) is 23.4. The molecule has 16 heteroatoms. The fourth-order valence-corrected chi connectivity index (χ4v) is 9.43. The molecule has 2 unspecified atom stereocenters. The van der Waals surface area contributed by atoms with Crippen molar-refractivity contribution in [1.29, 1.82) is 0 Å². The number of benzene rings is 3. The Bertz CT molecular complexity index is 2470. The standard InChI is InChI=1S/C43H43FN10O5/c44-33-23-51(19-16-34(33)54-40-37(39(45)46-24-47-40)38(49-54)25-6-9-30(10-7-25)59-29-4-2-1-3-5-29)26-14-17-50(18-15-26)28-21-52(22-28)27-8-11-31-32(20-27)43(58)53(42(31)57)35-12-13-36(55)48-41(35)56/h1-11,20,24,26,28,33-35H,12-19,21-23H2,(H2,45,46,47)(H,48,55,56)/t33-,34?,35?/m0/s1. The number of aromatic nitrogens is 4. The Morgan fingerprint density at radius 3 is 2.24 bits per heavy atom. The average Bonchev–Trinajstić information content (AvgIpc) is 3.73. The number of rotatable bonds is 8. The lowest BCUT2D eigenvalue weighted by Crippen LogP contribution is -2.62. The number of nitrogen functional groups attached to an aromatic ring is 1. The fraction of sp³-hybridized carbons (Fsp3) is 0.372. The van der Waals surface area contributed by atoms with E-state index in [0.717, 1.165) is 67.5 Å². The van der Waals surface area contributed by atoms with Gasteiger partial charge in [-0.05, 0) is 80.3 Å². The SMILES string of the molecule is Nc1ncnc2c1c(-c1ccc(Oc3ccccc3)cc1)nn2C1CCN(C2CCN(C3CN(c4ccc5c(c4)C(=O)N(C4CCC(=O)NC4=O)C5=O)C3)CC2)C[C@@H]1F. The highest BCUT2D eigenvalue weighted by Crippen LogP contribution is 2.38. The highest BCUT2D eigenvalue weighted by Gasteiger charge is 2.45. The Morgan fingerprint density at radius 2 is 1.49 bits per heavy atom. The molecule has 7 heterocycles. The summed E-state index contributed by atoms with van der Waals surface area (Å²) in [6.07, 6.45) is 2.94. The Kier molecular flexibility index (Phi) is 9.32. The summed E-state index contributed by atoms with van der Waals surface area (Å²) in [5, 5.41) is 7.78. The van der Waals surface area contributed by atoms with Gasteiger partial charge in [-0.2, -0.15) is 5.10 Å². The van der Waals surface area contributed by atoms with Crippen LogP contribution in [0.5, 0.6) is 11.5 Å². The third-order valence-corrected chi connectivity index (χ3v) is 12.7. The number of imide groups is 2. The van der Waals surface area contributed by atoms with Crippen LogP contribution in [0, 0.1) is 0 Å². The maximum atomic E-state index is 16.3. The average molecular weight is 799 g/mol. The number of anilines is 2. The largest absolute Gasteiger partial charge is 0.457 e. The maximum Gasteiger partial charge on any atom is 0.262 e. The zero-order chi connectivity index (χ0) is 40.4. The molecule has 3 N–H and O–H groups in total. The molecular formula is C43H43FN10O5. The minimum Gasteiger partial charge on any atom is -0.457 e. The molecule has 4 saturated heterocycles. The van der Waals surface area contributed by atoms with Crippen LogP contribution in [0.4, 0.5) is 15.9 Å². The van der Waals surface area contributed by atoms with Gasteiger partial charge in [0.2, 0.25) is 11.8 Å². The minimum absolute atomic E-state index is 0.0808. The van der Waals surface area contributed by atoms with Gasteiger partial charge in [-0.15, -0.1) is 0 Å². The number of ether oxygens (including phenoxy) is 1. The van der Waals surface area contributed by atoms with Crippen molar-refractivity contribution >= 4 is 46.2 Å². The third kappa shape index (κ3) is 6.65. The topological polar surface area (TPSA) is 172 Å². The van der Waals surface area contributed by atoms with Crippen LogP contribution in [0.3, 0.4) is 0 Å². The molecule has 59 heavy (non-hydrogen) atoms. The number of hydrogen-bond donors (Lipinski definition) is 2. The van der Waals surface area contributed by atoms with Gasteiger partial charge in [-0.3, -0.25) is 39.2 Å². The molecule has 0 saturated carbocycles. The number of piperidine rings is 3. The first-order valence-corrected chi connectivity index (χ1v) is 20.2. The van der Waals surface area contributed by atoms with Crippen LogP contribution in [0.2, 0.25) is 0 Å². The minimum atomic E-state index is -1.15. The molecule has 3 atom stereocenters. The summed E-state index contributed by atoms with van der Waals surface area (Å²) < 4.78 is 24.0. The number of nitrogens with one attached hydrogen (secondary N) is 1. The summed E-state index contributed by atoms with van der Waals surface area (Å²) in [6, 6.07) is 21.6. The van der Waals surface area contributed by atoms with Crippen molar-refractivity contribution in [1.82, 2.24) is 39.8 Å². The Hall–Kier alpha value is -6.26. The van der Waals surface area contributed by atoms with E-state index in [1.807, 2.05) is 60.7 Å². The monoisotopic (exact) mass is 798 g/mol. The van der Waals surface area contributed by atoms with E-state index in [9.17, 15) is 19.2 Å². The van der Waals surface area contributed by atoms with Crippen molar-refractivity contribution in [2.45, 2.75) is 62.4 Å². The molecule has 10 rings (SSSR count). The van der Waals surface area contributed by atoms with Gasteiger partial charge in [0.05, 0.1) is 22.6 Å². The molecule has 15 nitrogen and oxygen atoms in total. The number of halogens is 1. The molecule has 0 radical (unpaired) electrons. The van der Waals surface area contributed by atoms with Gasteiger partial charge in [-0.1, -0.05) is 18.2 Å². The number of fused-ring (bicyclic) bond motifs is 2. The number of carbonyl (C=O) groups excluding carboxylic acids is 4. The van der Waals surface area contributed by atoms with Crippen LogP contribution >= 0.6 is 0 Å². The first-order chi connectivity index (χ1) is 28.7. The van der Waals surface area contributed by atoms with Crippen LogP contribution < -0.4 is 20.7 Å². The van der Waals surface area contributed by atoms with Gasteiger partial charge in [0, 0.05) is 69.0 Å². The van der Waals surface area contributed by atoms with E-state index in [0.29, 0.717) is 47.3 Å². The molecule has 302 valence electrons. The van der Waals surface area contributed by atoms with Crippen LogP contribution in [0.25, 0.3) is 22.3 Å². The number of nitrogens with two attached hydrogens (primary N) is 1. The van der Waals surface area contributed by atoms with Crippen LogP contribution in [0.1, 0.15) is 58.9 Å². The second-order valence-electron chi connectivity index (χ2n) is 16.1. The Morgan fingerprint density at radius 1 is 0.763 bits per heavy atom. The predicted octanol–water partition coefficient (Wildman–Crippen LogP) is 4.21. The Balaban J connectivity index is 0.745. The summed E-state index contributed by atoms with van der Waals surface area (Å²) >= 11 is 0. The second-order valence-corrected chi connectivity index (χ2v) is 16.1. The number of carbonyl (C=O) groups is 4. The summed E-state index contributed by atoms with van der Waals surface area (Å²) in [7, 11) is 0. The molecule has 0 spiro atoms. The molecule has 2 aromatic heterocycles. The molecule has 4 fully saturated rings. The van der Waals surface area contributed by atoms with Gasteiger partial charge in [0.15, 0.2) is 5.65 Å². The molecule has 5 aromatic rings. The summed E-state index contributed by atoms with van der Waals surface area (Å²) in [5.41, 5.74) is 9.75. The van der Waals surface area contributed by atoms with Crippen molar-refractivity contribution in [3.8, 4) is 22.8 Å². The van der Waals surface area contributed by atoms with E-state index >= 15 is 4.39 Å². The van der Waals surface area contributed by atoms with E-state index in [1.165, 1.54) is 6.33 Å². The summed E-state index contributed by atoms with van der Waals surface area (Å²) in [5.74, 6) is -0.309.